The van der Waals surface area contributed by atoms with E-state index in [4.69, 9.17) is 21.1 Å². The predicted molar refractivity (Wildman–Crippen MR) is 139 cm³/mol. The molecule has 1 heterocycles. The molecule has 3 rings (SSSR count). The summed E-state index contributed by atoms with van der Waals surface area (Å²) in [5, 5.41) is 3.56. The lowest BCUT2D eigenvalue weighted by atomic mass is 10.1. The number of carbonyl (C=O) groups excluding carboxylic acids is 2. The maximum atomic E-state index is 12.2. The fourth-order valence-electron chi connectivity index (χ4n) is 3.60. The lowest BCUT2D eigenvalue weighted by molar-refractivity contribution is -0.117. The summed E-state index contributed by atoms with van der Waals surface area (Å²) in [5.74, 6) is 0.788. The number of carbonyl (C=O) groups is 2. The Morgan fingerprint density at radius 1 is 0.914 bits per heavy atom. The fourth-order valence-corrected chi connectivity index (χ4v) is 3.72. The van der Waals surface area contributed by atoms with Gasteiger partial charge in [0.05, 0.1) is 17.7 Å². The molecule has 7 heteroatoms. The molecule has 2 aromatic rings. The molecule has 0 radical (unpaired) electrons. The van der Waals surface area contributed by atoms with E-state index in [1.807, 2.05) is 30.3 Å². The standard InChI is InChI=1S/C28H33ClN2O4/c1-31-19-8-9-23(21-31)27(32)30-18-6-4-2-3-5-7-20-34-25-14-16-26(17-15-25)35-28(33)22-10-12-24(29)13-11-22/h8-17,21H,2-7,18-20H2,1H3,(H,30,32). The van der Waals surface area contributed by atoms with Crippen LogP contribution in [0.4, 0.5) is 0 Å². The number of esters is 1. The Morgan fingerprint density at radius 3 is 2.29 bits per heavy atom. The van der Waals surface area contributed by atoms with Crippen LogP contribution in [-0.2, 0) is 4.79 Å². The van der Waals surface area contributed by atoms with Gasteiger partial charge in [-0.2, -0.15) is 0 Å². The molecule has 0 bridgehead atoms. The van der Waals surface area contributed by atoms with Crippen molar-refractivity contribution < 1.29 is 19.1 Å². The van der Waals surface area contributed by atoms with E-state index in [9.17, 15) is 9.59 Å². The lowest BCUT2D eigenvalue weighted by Crippen LogP contribution is -2.28. The van der Waals surface area contributed by atoms with Crippen molar-refractivity contribution in [1.29, 1.82) is 0 Å². The quantitative estimate of drug-likeness (QED) is 0.216. The van der Waals surface area contributed by atoms with Crippen LogP contribution < -0.4 is 14.8 Å². The Bertz CT molecular complexity index is 1020. The monoisotopic (exact) mass is 496 g/mol. The number of rotatable bonds is 13. The van der Waals surface area contributed by atoms with Crippen LogP contribution in [0.3, 0.4) is 0 Å². The van der Waals surface area contributed by atoms with E-state index in [0.717, 1.165) is 50.8 Å². The predicted octanol–water partition coefficient (Wildman–Crippen LogP) is 5.78. The Balaban J connectivity index is 1.20. The van der Waals surface area contributed by atoms with Gasteiger partial charge >= 0.3 is 5.97 Å². The average Bonchev–Trinajstić information content (AvgIpc) is 2.86. The Kier molecular flexibility index (Phi) is 10.7. The molecule has 0 atom stereocenters. The Hall–Kier alpha value is -3.25. The molecule has 0 saturated heterocycles. The summed E-state index contributed by atoms with van der Waals surface area (Å²) in [7, 11) is 1.96. The van der Waals surface area contributed by atoms with E-state index in [-0.39, 0.29) is 5.91 Å². The minimum atomic E-state index is -0.427. The van der Waals surface area contributed by atoms with E-state index >= 15 is 0 Å². The Labute approximate surface area is 212 Å². The molecule has 186 valence electrons. The van der Waals surface area contributed by atoms with Crippen LogP contribution in [0.1, 0.15) is 48.9 Å². The first kappa shape index (κ1) is 26.4. The van der Waals surface area contributed by atoms with E-state index < -0.39 is 5.97 Å². The molecule has 0 saturated carbocycles. The molecule has 0 aromatic heterocycles. The molecule has 0 spiro atoms. The largest absolute Gasteiger partial charge is 0.494 e. The number of unbranched alkanes of at least 4 members (excludes halogenated alkanes) is 5. The SMILES string of the molecule is CN1C=C(C(=O)NCCCCCCCCOc2ccc(OC(=O)c3ccc(Cl)cc3)cc2)C=CC1. The zero-order chi connectivity index (χ0) is 24.9. The number of amides is 1. The molecular weight excluding hydrogens is 464 g/mol. The van der Waals surface area contributed by atoms with Gasteiger partial charge in [0.2, 0.25) is 0 Å². The van der Waals surface area contributed by atoms with Crippen LogP contribution in [0.2, 0.25) is 5.02 Å². The first-order chi connectivity index (χ1) is 17.0. The van der Waals surface area contributed by atoms with Gasteiger partial charge in [-0.05, 0) is 61.4 Å². The normalized spacial score (nSPS) is 12.7. The number of hydrogen-bond donors (Lipinski definition) is 1. The van der Waals surface area contributed by atoms with Crippen molar-refractivity contribution in [3.05, 3.63) is 83.0 Å². The van der Waals surface area contributed by atoms with Crippen LogP contribution in [0.5, 0.6) is 11.5 Å². The number of nitrogens with zero attached hydrogens (tertiary/aromatic N) is 1. The number of benzene rings is 2. The van der Waals surface area contributed by atoms with Crippen molar-refractivity contribution in [2.24, 2.45) is 0 Å². The van der Waals surface area contributed by atoms with Crippen molar-refractivity contribution in [2.75, 3.05) is 26.7 Å². The van der Waals surface area contributed by atoms with E-state index in [1.54, 1.807) is 48.5 Å². The third-order valence-electron chi connectivity index (χ3n) is 5.55. The molecule has 1 amide bonds. The highest BCUT2D eigenvalue weighted by atomic mass is 35.5. The van der Waals surface area contributed by atoms with Crippen LogP contribution >= 0.6 is 11.6 Å². The van der Waals surface area contributed by atoms with E-state index in [1.165, 1.54) is 0 Å². The molecule has 1 aliphatic heterocycles. The molecule has 2 aromatic carbocycles. The smallest absolute Gasteiger partial charge is 0.343 e. The number of nitrogens with one attached hydrogen (secondary N) is 1. The number of hydrogen-bond acceptors (Lipinski definition) is 5. The van der Waals surface area contributed by atoms with Crippen LogP contribution in [0.25, 0.3) is 0 Å². The fraction of sp³-hybridized carbons (Fsp3) is 0.357. The van der Waals surface area contributed by atoms with Gasteiger partial charge in [0.25, 0.3) is 5.91 Å². The molecule has 6 nitrogen and oxygen atoms in total. The summed E-state index contributed by atoms with van der Waals surface area (Å²) < 4.78 is 11.2. The first-order valence-electron chi connectivity index (χ1n) is 12.1. The topological polar surface area (TPSA) is 67.9 Å². The zero-order valence-corrected chi connectivity index (χ0v) is 20.9. The summed E-state index contributed by atoms with van der Waals surface area (Å²) in [6.45, 7) is 2.20. The summed E-state index contributed by atoms with van der Waals surface area (Å²) in [4.78, 5) is 26.3. The van der Waals surface area contributed by atoms with Gasteiger partial charge in [0.1, 0.15) is 11.5 Å². The minimum absolute atomic E-state index is 0.00213. The van der Waals surface area contributed by atoms with Gasteiger partial charge in [-0.15, -0.1) is 0 Å². The van der Waals surface area contributed by atoms with Gasteiger partial charge in [0, 0.05) is 31.4 Å². The maximum absolute atomic E-state index is 12.2. The number of ether oxygens (including phenoxy) is 2. The van der Waals surface area contributed by atoms with Gasteiger partial charge < -0.3 is 19.7 Å². The number of halogens is 1. The van der Waals surface area contributed by atoms with Crippen molar-refractivity contribution >= 4 is 23.5 Å². The second-order valence-electron chi connectivity index (χ2n) is 8.52. The molecule has 1 N–H and O–H groups in total. The lowest BCUT2D eigenvalue weighted by Gasteiger charge is -2.17. The highest BCUT2D eigenvalue weighted by molar-refractivity contribution is 6.30. The molecular formula is C28H33ClN2O4. The van der Waals surface area contributed by atoms with Gasteiger partial charge in [-0.3, -0.25) is 4.79 Å². The molecule has 35 heavy (non-hydrogen) atoms. The van der Waals surface area contributed by atoms with Crippen molar-refractivity contribution in [1.82, 2.24) is 10.2 Å². The molecule has 0 aliphatic carbocycles. The summed E-state index contributed by atoms with van der Waals surface area (Å²) >= 11 is 5.84. The van der Waals surface area contributed by atoms with Crippen molar-refractivity contribution in [3.8, 4) is 11.5 Å². The van der Waals surface area contributed by atoms with Crippen LogP contribution in [-0.4, -0.2) is 43.5 Å². The number of likely N-dealkylation sites (N-methyl/N-ethyl adjacent to an activating group) is 1. The van der Waals surface area contributed by atoms with Crippen LogP contribution in [0, 0.1) is 0 Å². The van der Waals surface area contributed by atoms with E-state index in [2.05, 4.69) is 5.32 Å². The summed E-state index contributed by atoms with van der Waals surface area (Å²) in [5.41, 5.74) is 1.16. The van der Waals surface area contributed by atoms with Gasteiger partial charge in [-0.1, -0.05) is 49.4 Å². The molecule has 0 fully saturated rings. The zero-order valence-electron chi connectivity index (χ0n) is 20.2. The molecule has 1 aliphatic rings. The molecule has 0 unspecified atom stereocenters. The van der Waals surface area contributed by atoms with Crippen molar-refractivity contribution in [2.45, 2.75) is 38.5 Å². The average molecular weight is 497 g/mol. The maximum Gasteiger partial charge on any atom is 0.343 e. The highest BCUT2D eigenvalue weighted by Crippen LogP contribution is 2.20. The van der Waals surface area contributed by atoms with E-state index in [0.29, 0.717) is 35.1 Å². The summed E-state index contributed by atoms with van der Waals surface area (Å²) in [6.07, 6.45) is 12.2. The third-order valence-corrected chi connectivity index (χ3v) is 5.80. The first-order valence-corrected chi connectivity index (χ1v) is 12.5. The minimum Gasteiger partial charge on any atom is -0.494 e. The summed E-state index contributed by atoms with van der Waals surface area (Å²) in [6, 6.07) is 13.6. The highest BCUT2D eigenvalue weighted by Gasteiger charge is 2.10. The second kappa shape index (κ2) is 14.2. The third kappa shape index (κ3) is 9.49. The second-order valence-corrected chi connectivity index (χ2v) is 8.96. The Morgan fingerprint density at radius 2 is 1.57 bits per heavy atom. The van der Waals surface area contributed by atoms with Crippen LogP contribution in [0.15, 0.2) is 72.5 Å². The van der Waals surface area contributed by atoms with Crippen molar-refractivity contribution in [3.63, 3.8) is 0 Å². The van der Waals surface area contributed by atoms with Gasteiger partial charge in [-0.25, -0.2) is 4.79 Å². The van der Waals surface area contributed by atoms with Gasteiger partial charge in [0.15, 0.2) is 0 Å².